The zero-order valence-electron chi connectivity index (χ0n) is 18.9. The van der Waals surface area contributed by atoms with Gasteiger partial charge in [0.05, 0.1) is 22.9 Å². The summed E-state index contributed by atoms with van der Waals surface area (Å²) in [6.45, 7) is 3.37. The zero-order valence-corrected chi connectivity index (χ0v) is 20.5. The van der Waals surface area contributed by atoms with Crippen LogP contribution in [0.3, 0.4) is 0 Å². The molecule has 0 atom stereocenters. The molecule has 0 spiro atoms. The fourth-order valence-corrected chi connectivity index (χ4v) is 4.67. The van der Waals surface area contributed by atoms with E-state index < -0.39 is 32.1 Å². The first-order valence-electron chi connectivity index (χ1n) is 10.3. The van der Waals surface area contributed by atoms with Crippen LogP contribution in [0.25, 0.3) is 0 Å². The van der Waals surface area contributed by atoms with E-state index in [2.05, 4.69) is 10.6 Å². The number of rotatable bonds is 8. The Morgan fingerprint density at radius 3 is 1.31 bits per heavy atom. The molecule has 0 radical (unpaired) electrons. The lowest BCUT2D eigenvalue weighted by Crippen LogP contribution is -2.39. The molecule has 3 rings (SSSR count). The van der Waals surface area contributed by atoms with Crippen LogP contribution in [-0.4, -0.2) is 28.9 Å². The van der Waals surface area contributed by atoms with Gasteiger partial charge in [0.2, 0.25) is 0 Å². The molecular formula is C22H24N4O7S2. The van der Waals surface area contributed by atoms with Gasteiger partial charge in [0, 0.05) is 0 Å². The third-order valence-electron chi connectivity index (χ3n) is 4.68. The molecule has 2 aromatic carbocycles. The number of hydrogen-bond donors (Lipinski definition) is 4. The summed E-state index contributed by atoms with van der Waals surface area (Å²) in [6, 6.07) is 13.2. The van der Waals surface area contributed by atoms with Gasteiger partial charge in [0.25, 0.3) is 20.0 Å². The molecule has 186 valence electrons. The number of aryl methyl sites for hydroxylation is 2. The van der Waals surface area contributed by atoms with Crippen LogP contribution >= 0.6 is 0 Å². The predicted molar refractivity (Wildman–Crippen MR) is 126 cm³/mol. The van der Waals surface area contributed by atoms with E-state index >= 15 is 0 Å². The van der Waals surface area contributed by atoms with E-state index in [-0.39, 0.29) is 34.4 Å². The first kappa shape index (κ1) is 25.8. The molecule has 0 aliphatic rings. The number of benzene rings is 2. The number of hydrogen-bond acceptors (Lipinski definition) is 7. The predicted octanol–water partition coefficient (Wildman–Crippen LogP) is 2.27. The van der Waals surface area contributed by atoms with Crippen LogP contribution in [0.4, 0.5) is 9.59 Å². The number of sulfonamides is 2. The molecule has 13 heteroatoms. The van der Waals surface area contributed by atoms with Crippen LogP contribution in [0.2, 0.25) is 0 Å². The lowest BCUT2D eigenvalue weighted by molar-refractivity contribution is 0.244. The summed E-state index contributed by atoms with van der Waals surface area (Å²) >= 11 is 0. The van der Waals surface area contributed by atoms with Gasteiger partial charge in [0.1, 0.15) is 11.5 Å². The molecule has 35 heavy (non-hydrogen) atoms. The topological polar surface area (TPSA) is 164 Å². The third-order valence-corrected chi connectivity index (χ3v) is 7.37. The minimum Gasteiger partial charge on any atom is -0.462 e. The van der Waals surface area contributed by atoms with Gasteiger partial charge in [-0.15, -0.1) is 0 Å². The summed E-state index contributed by atoms with van der Waals surface area (Å²) < 4.78 is 58.2. The van der Waals surface area contributed by atoms with Crippen molar-refractivity contribution in [1.29, 1.82) is 0 Å². The normalized spacial score (nSPS) is 11.5. The number of furan rings is 1. The number of carbonyl (C=O) groups excluding carboxylic acids is 2. The highest BCUT2D eigenvalue weighted by molar-refractivity contribution is 7.90. The van der Waals surface area contributed by atoms with E-state index in [0.717, 1.165) is 11.1 Å². The molecule has 0 saturated carbocycles. The van der Waals surface area contributed by atoms with Gasteiger partial charge in [-0.25, -0.2) is 35.9 Å². The van der Waals surface area contributed by atoms with Crippen LogP contribution in [-0.2, 0) is 33.1 Å². The van der Waals surface area contributed by atoms with Gasteiger partial charge in [-0.05, 0) is 50.2 Å². The Balaban J connectivity index is 1.47. The molecule has 3 aromatic rings. The summed E-state index contributed by atoms with van der Waals surface area (Å²) in [5.41, 5.74) is 1.75. The first-order chi connectivity index (χ1) is 16.4. The maximum Gasteiger partial charge on any atom is 0.329 e. The van der Waals surface area contributed by atoms with Crippen molar-refractivity contribution in [3.8, 4) is 0 Å². The van der Waals surface area contributed by atoms with Gasteiger partial charge in [-0.3, -0.25) is 0 Å². The molecule has 1 heterocycles. The van der Waals surface area contributed by atoms with Crippen molar-refractivity contribution < 1.29 is 30.8 Å². The first-order valence-corrected chi connectivity index (χ1v) is 13.2. The average molecular weight is 521 g/mol. The van der Waals surface area contributed by atoms with E-state index in [9.17, 15) is 26.4 Å². The molecular weight excluding hydrogens is 496 g/mol. The van der Waals surface area contributed by atoms with E-state index in [0.29, 0.717) is 0 Å². The van der Waals surface area contributed by atoms with Crippen molar-refractivity contribution in [1.82, 2.24) is 20.1 Å². The number of amides is 4. The smallest absolute Gasteiger partial charge is 0.329 e. The molecule has 11 nitrogen and oxygen atoms in total. The summed E-state index contributed by atoms with van der Waals surface area (Å²) in [5, 5.41) is 4.73. The summed E-state index contributed by atoms with van der Waals surface area (Å²) in [5.74, 6) is 0.578. The molecule has 0 unspecified atom stereocenters. The Morgan fingerprint density at radius 1 is 0.629 bits per heavy atom. The van der Waals surface area contributed by atoms with Crippen molar-refractivity contribution in [2.45, 2.75) is 36.7 Å². The van der Waals surface area contributed by atoms with E-state index in [1.165, 1.54) is 36.4 Å². The molecule has 0 aliphatic heterocycles. The second-order valence-electron chi connectivity index (χ2n) is 7.57. The van der Waals surface area contributed by atoms with Crippen molar-refractivity contribution in [2.24, 2.45) is 0 Å². The van der Waals surface area contributed by atoms with Crippen molar-refractivity contribution in [3.63, 3.8) is 0 Å². The maximum absolute atomic E-state index is 12.2. The lowest BCUT2D eigenvalue weighted by atomic mass is 10.2. The van der Waals surface area contributed by atoms with Crippen molar-refractivity contribution in [3.05, 3.63) is 83.3 Å². The van der Waals surface area contributed by atoms with Gasteiger partial charge < -0.3 is 15.1 Å². The van der Waals surface area contributed by atoms with Crippen LogP contribution in [0.15, 0.2) is 74.9 Å². The highest BCUT2D eigenvalue weighted by atomic mass is 32.2. The number of nitrogens with one attached hydrogen (secondary N) is 4. The largest absolute Gasteiger partial charge is 0.462 e. The number of urea groups is 2. The standard InChI is InChI=1S/C22H24N4O7S2/c1-15-3-9-19(10-4-15)34(29,30)25-21(27)23-13-17-7-8-18(33-17)14-24-22(28)26-35(31,32)20-11-5-16(2)6-12-20/h3-12H,13-14H2,1-2H3,(H2,23,25,27)(H2,24,26,28). The quantitative estimate of drug-likeness (QED) is 0.354. The van der Waals surface area contributed by atoms with Crippen molar-refractivity contribution >= 4 is 32.1 Å². The monoisotopic (exact) mass is 520 g/mol. The molecule has 4 amide bonds. The Kier molecular flexibility index (Phi) is 7.82. The third kappa shape index (κ3) is 7.32. The molecule has 0 aliphatic carbocycles. The summed E-state index contributed by atoms with van der Waals surface area (Å²) in [4.78, 5) is 23.9. The van der Waals surface area contributed by atoms with E-state index in [4.69, 9.17) is 4.42 Å². The Bertz CT molecular complexity index is 1310. The summed E-state index contributed by atoms with van der Waals surface area (Å²) in [7, 11) is -8.05. The minimum atomic E-state index is -4.03. The zero-order chi connectivity index (χ0) is 25.6. The van der Waals surface area contributed by atoms with Crippen LogP contribution in [0.5, 0.6) is 0 Å². The summed E-state index contributed by atoms with van der Waals surface area (Å²) in [6.07, 6.45) is 0. The second kappa shape index (κ2) is 10.6. The molecule has 0 bridgehead atoms. The Hall–Kier alpha value is -3.84. The van der Waals surface area contributed by atoms with E-state index in [1.54, 1.807) is 24.3 Å². The maximum atomic E-state index is 12.2. The minimum absolute atomic E-state index is 0.0488. The fraction of sp³-hybridized carbons (Fsp3) is 0.182. The molecule has 4 N–H and O–H groups in total. The Morgan fingerprint density at radius 2 is 0.971 bits per heavy atom. The van der Waals surface area contributed by atoms with E-state index in [1.807, 2.05) is 23.3 Å². The molecule has 0 saturated heterocycles. The van der Waals surface area contributed by atoms with Gasteiger partial charge in [-0.2, -0.15) is 0 Å². The van der Waals surface area contributed by atoms with Gasteiger partial charge in [-0.1, -0.05) is 35.4 Å². The SMILES string of the molecule is Cc1ccc(S(=O)(=O)NC(=O)NCc2ccc(CNC(=O)NS(=O)(=O)c3ccc(C)cc3)o2)cc1. The Labute approximate surface area is 203 Å². The average Bonchev–Trinajstić information content (AvgIpc) is 3.24. The number of carbonyl (C=O) groups is 2. The molecule has 0 fully saturated rings. The highest BCUT2D eigenvalue weighted by Gasteiger charge is 2.19. The van der Waals surface area contributed by atoms with Crippen LogP contribution in [0, 0.1) is 13.8 Å². The van der Waals surface area contributed by atoms with Gasteiger partial charge in [0.15, 0.2) is 0 Å². The lowest BCUT2D eigenvalue weighted by Gasteiger charge is -2.08. The fourth-order valence-electron chi connectivity index (χ4n) is 2.82. The van der Waals surface area contributed by atoms with Gasteiger partial charge >= 0.3 is 12.1 Å². The molecule has 1 aromatic heterocycles. The second-order valence-corrected chi connectivity index (χ2v) is 10.9. The van der Waals surface area contributed by atoms with Crippen molar-refractivity contribution in [2.75, 3.05) is 0 Å². The highest BCUT2D eigenvalue weighted by Crippen LogP contribution is 2.11. The van der Waals surface area contributed by atoms with Crippen LogP contribution < -0.4 is 20.1 Å². The van der Waals surface area contributed by atoms with Crippen LogP contribution in [0.1, 0.15) is 22.6 Å².